The summed E-state index contributed by atoms with van der Waals surface area (Å²) in [6, 6.07) is 2.34. The first-order valence-electron chi connectivity index (χ1n) is 11.2. The van der Waals surface area contributed by atoms with Crippen LogP contribution in [-0.2, 0) is 4.74 Å². The van der Waals surface area contributed by atoms with Crippen LogP contribution in [0.25, 0.3) is 11.4 Å². The molecule has 2 aliphatic carbocycles. The maximum atomic E-state index is 12.6. The Bertz CT molecular complexity index is 901. The fourth-order valence-electron chi connectivity index (χ4n) is 5.40. The fraction of sp³-hybridized carbons (Fsp3) is 0.682. The lowest BCUT2D eigenvalue weighted by Crippen LogP contribution is -2.36. The highest BCUT2D eigenvalue weighted by Gasteiger charge is 2.59. The number of fused-ring (bicyclic) bond motifs is 1. The molecule has 9 heteroatoms. The third-order valence-electron chi connectivity index (χ3n) is 6.83. The van der Waals surface area contributed by atoms with Crippen molar-refractivity contribution in [3.63, 3.8) is 0 Å². The van der Waals surface area contributed by atoms with Crippen LogP contribution in [0.2, 0.25) is 0 Å². The Morgan fingerprint density at radius 1 is 1.13 bits per heavy atom. The van der Waals surface area contributed by atoms with E-state index in [0.29, 0.717) is 35.2 Å². The van der Waals surface area contributed by atoms with Gasteiger partial charge >= 0.3 is 6.61 Å². The minimum atomic E-state index is -2.89. The van der Waals surface area contributed by atoms with Crippen LogP contribution in [0.15, 0.2) is 18.5 Å². The molecule has 0 spiro atoms. The van der Waals surface area contributed by atoms with Crippen molar-refractivity contribution in [3.05, 3.63) is 24.3 Å². The molecule has 2 unspecified atom stereocenters. The maximum Gasteiger partial charge on any atom is 0.387 e. The molecular formula is C22H29F2N5O2. The van der Waals surface area contributed by atoms with Crippen LogP contribution < -0.4 is 4.74 Å². The van der Waals surface area contributed by atoms with E-state index in [2.05, 4.69) is 28.5 Å². The molecule has 1 saturated heterocycles. The van der Waals surface area contributed by atoms with Crippen molar-refractivity contribution in [3.8, 4) is 17.1 Å². The number of hydrogen-bond donors (Lipinski definition) is 0. The molecule has 31 heavy (non-hydrogen) atoms. The van der Waals surface area contributed by atoms with Crippen molar-refractivity contribution in [2.75, 3.05) is 26.3 Å². The molecule has 2 aromatic heterocycles. The van der Waals surface area contributed by atoms with E-state index >= 15 is 0 Å². The highest BCUT2D eigenvalue weighted by molar-refractivity contribution is 5.55. The Labute approximate surface area is 180 Å². The third kappa shape index (κ3) is 4.17. The minimum absolute atomic E-state index is 0.0162. The highest BCUT2D eigenvalue weighted by Crippen LogP contribution is 2.63. The zero-order valence-corrected chi connectivity index (χ0v) is 18.0. The summed E-state index contributed by atoms with van der Waals surface area (Å²) < 4.78 is 37.2. The van der Waals surface area contributed by atoms with E-state index in [4.69, 9.17) is 14.8 Å². The SMILES string of the molecule is CC(C)n1nc(-c2cncc(OC(F)F)c2)nc1C1C2CC(N3CCCOCC3)CC21. The van der Waals surface area contributed by atoms with Crippen LogP contribution in [-0.4, -0.2) is 63.6 Å². The van der Waals surface area contributed by atoms with Gasteiger partial charge in [-0.1, -0.05) is 0 Å². The fourth-order valence-corrected chi connectivity index (χ4v) is 5.40. The third-order valence-corrected chi connectivity index (χ3v) is 6.83. The second kappa shape index (κ2) is 8.43. The largest absolute Gasteiger partial charge is 0.433 e. The summed E-state index contributed by atoms with van der Waals surface area (Å²) in [6.45, 7) is 5.17. The predicted octanol–water partition coefficient (Wildman–Crippen LogP) is 3.74. The number of pyridine rings is 1. The molecule has 168 valence electrons. The second-order valence-electron chi connectivity index (χ2n) is 9.10. The summed E-state index contributed by atoms with van der Waals surface area (Å²) in [5.74, 6) is 3.27. The molecule has 2 saturated carbocycles. The van der Waals surface area contributed by atoms with Crippen molar-refractivity contribution in [1.29, 1.82) is 0 Å². The van der Waals surface area contributed by atoms with Gasteiger partial charge in [0, 0.05) is 49.5 Å². The molecule has 2 aromatic rings. The zero-order chi connectivity index (χ0) is 21.5. The number of halogens is 2. The molecule has 0 bridgehead atoms. The smallest absolute Gasteiger partial charge is 0.387 e. The van der Waals surface area contributed by atoms with E-state index in [9.17, 15) is 8.78 Å². The summed E-state index contributed by atoms with van der Waals surface area (Å²) in [4.78, 5) is 11.5. The first-order valence-corrected chi connectivity index (χ1v) is 11.2. The molecule has 0 amide bonds. The Morgan fingerprint density at radius 2 is 1.94 bits per heavy atom. The molecule has 3 aliphatic rings. The van der Waals surface area contributed by atoms with Gasteiger partial charge in [-0.05, 0) is 51.0 Å². The summed E-state index contributed by atoms with van der Waals surface area (Å²) in [6.07, 6.45) is 6.38. The molecule has 7 nitrogen and oxygen atoms in total. The van der Waals surface area contributed by atoms with Gasteiger partial charge in [-0.2, -0.15) is 13.9 Å². The van der Waals surface area contributed by atoms with Gasteiger partial charge in [0.2, 0.25) is 0 Å². The molecule has 2 atom stereocenters. The summed E-state index contributed by atoms with van der Waals surface area (Å²) in [5, 5.41) is 4.71. The van der Waals surface area contributed by atoms with Crippen LogP contribution in [0, 0.1) is 11.8 Å². The monoisotopic (exact) mass is 433 g/mol. The molecule has 1 aliphatic heterocycles. The van der Waals surface area contributed by atoms with Crippen LogP contribution in [0.1, 0.15) is 50.9 Å². The second-order valence-corrected chi connectivity index (χ2v) is 9.10. The van der Waals surface area contributed by atoms with Crippen molar-refractivity contribution >= 4 is 0 Å². The van der Waals surface area contributed by atoms with E-state index in [1.165, 1.54) is 25.1 Å². The van der Waals surface area contributed by atoms with Crippen molar-refractivity contribution in [1.82, 2.24) is 24.6 Å². The standard InChI is InChI=1S/C22H29F2N5O2/c1-13(2)29-21(26-20(27-29)14-8-16(12-25-11-14)31-22(23)24)19-17-9-15(10-18(17)19)28-4-3-6-30-7-5-28/h8,11-13,15,17-19,22H,3-7,9-10H2,1-2H3. The van der Waals surface area contributed by atoms with E-state index in [1.54, 1.807) is 6.20 Å². The first kappa shape index (κ1) is 20.8. The van der Waals surface area contributed by atoms with E-state index < -0.39 is 6.61 Å². The normalized spacial score (nSPS) is 28.7. The number of rotatable bonds is 6. The zero-order valence-electron chi connectivity index (χ0n) is 18.0. The number of hydrogen-bond acceptors (Lipinski definition) is 6. The van der Waals surface area contributed by atoms with Crippen LogP contribution >= 0.6 is 0 Å². The molecule has 0 aromatic carbocycles. The average Bonchev–Trinajstić information content (AvgIpc) is 3.07. The van der Waals surface area contributed by atoms with Gasteiger partial charge in [0.1, 0.15) is 11.6 Å². The van der Waals surface area contributed by atoms with E-state index in [-0.39, 0.29) is 11.8 Å². The lowest BCUT2D eigenvalue weighted by atomic mass is 10.0. The number of aromatic nitrogens is 4. The van der Waals surface area contributed by atoms with Crippen LogP contribution in [0.4, 0.5) is 8.78 Å². The van der Waals surface area contributed by atoms with Gasteiger partial charge in [0.15, 0.2) is 5.82 Å². The molecular weight excluding hydrogens is 404 g/mol. The van der Waals surface area contributed by atoms with Crippen LogP contribution in [0.5, 0.6) is 5.75 Å². The topological polar surface area (TPSA) is 65.3 Å². The van der Waals surface area contributed by atoms with Crippen molar-refractivity contribution in [2.24, 2.45) is 11.8 Å². The predicted molar refractivity (Wildman–Crippen MR) is 110 cm³/mol. The van der Waals surface area contributed by atoms with Crippen molar-refractivity contribution in [2.45, 2.75) is 57.7 Å². The molecule has 0 N–H and O–H groups in total. The summed E-state index contributed by atoms with van der Waals surface area (Å²) >= 11 is 0. The Balaban J connectivity index is 1.33. The van der Waals surface area contributed by atoms with Gasteiger partial charge in [-0.25, -0.2) is 9.67 Å². The highest BCUT2D eigenvalue weighted by atomic mass is 19.3. The lowest BCUT2D eigenvalue weighted by Gasteiger charge is -2.28. The van der Waals surface area contributed by atoms with E-state index in [0.717, 1.165) is 38.5 Å². The number of ether oxygens (including phenoxy) is 2. The number of nitrogens with zero attached hydrogens (tertiary/aromatic N) is 5. The van der Waals surface area contributed by atoms with Gasteiger partial charge in [0.25, 0.3) is 0 Å². The first-order chi connectivity index (χ1) is 15.0. The van der Waals surface area contributed by atoms with Gasteiger partial charge in [0.05, 0.1) is 12.8 Å². The molecule has 0 radical (unpaired) electrons. The number of alkyl halides is 2. The van der Waals surface area contributed by atoms with Gasteiger partial charge < -0.3 is 9.47 Å². The Hall–Kier alpha value is -2.13. The van der Waals surface area contributed by atoms with E-state index in [1.807, 2.05) is 4.68 Å². The van der Waals surface area contributed by atoms with Gasteiger partial charge in [-0.15, -0.1) is 0 Å². The Morgan fingerprint density at radius 3 is 2.68 bits per heavy atom. The van der Waals surface area contributed by atoms with Gasteiger partial charge in [-0.3, -0.25) is 9.88 Å². The summed E-state index contributed by atoms with van der Waals surface area (Å²) in [7, 11) is 0. The Kier molecular flexibility index (Phi) is 5.64. The molecule has 3 heterocycles. The maximum absolute atomic E-state index is 12.6. The van der Waals surface area contributed by atoms with Crippen LogP contribution in [0.3, 0.4) is 0 Å². The summed E-state index contributed by atoms with van der Waals surface area (Å²) in [5.41, 5.74) is 0.590. The average molecular weight is 434 g/mol. The lowest BCUT2D eigenvalue weighted by molar-refractivity contribution is -0.0500. The molecule has 3 fully saturated rings. The minimum Gasteiger partial charge on any atom is -0.433 e. The van der Waals surface area contributed by atoms with Crippen molar-refractivity contribution < 1.29 is 18.3 Å². The quantitative estimate of drug-likeness (QED) is 0.692. The molecule has 5 rings (SSSR count).